The molecule has 3 aromatic rings. The first-order valence-corrected chi connectivity index (χ1v) is 9.16. The molecule has 4 rings (SSSR count). The third-order valence-electron chi connectivity index (χ3n) is 4.70. The molecule has 1 aliphatic heterocycles. The maximum Gasteiger partial charge on any atom is 0.300 e. The maximum absolute atomic E-state index is 11.3. The number of benzene rings is 2. The Morgan fingerprint density at radius 2 is 1.96 bits per heavy atom. The second-order valence-electron chi connectivity index (χ2n) is 7.06. The summed E-state index contributed by atoms with van der Waals surface area (Å²) in [6.45, 7) is 5.43. The van der Waals surface area contributed by atoms with Gasteiger partial charge in [-0.1, -0.05) is 50.2 Å². The van der Waals surface area contributed by atoms with Gasteiger partial charge in [-0.25, -0.2) is 0 Å². The SMILES string of the molecule is CC(C)c1cccc(-c2ccc(OC[C@@H]3Cn4ccc(=O)nc4O3)cc2)c1. The van der Waals surface area contributed by atoms with E-state index < -0.39 is 0 Å². The molecule has 0 aliphatic carbocycles. The van der Waals surface area contributed by atoms with Crippen LogP contribution in [0, 0.1) is 0 Å². The summed E-state index contributed by atoms with van der Waals surface area (Å²) in [5.41, 5.74) is 3.41. The summed E-state index contributed by atoms with van der Waals surface area (Å²) in [7, 11) is 0. The summed E-state index contributed by atoms with van der Waals surface area (Å²) in [5.74, 6) is 1.30. The average Bonchev–Trinajstić information content (AvgIpc) is 3.09. The van der Waals surface area contributed by atoms with E-state index in [-0.39, 0.29) is 11.7 Å². The molecule has 0 saturated heterocycles. The van der Waals surface area contributed by atoms with Gasteiger partial charge in [-0.05, 0) is 34.7 Å². The summed E-state index contributed by atoms with van der Waals surface area (Å²) in [6, 6.07) is 18.5. The number of aromatic nitrogens is 2. The van der Waals surface area contributed by atoms with E-state index in [2.05, 4.69) is 55.2 Å². The molecule has 1 aromatic heterocycles. The Kier molecular flexibility index (Phi) is 4.67. The van der Waals surface area contributed by atoms with E-state index >= 15 is 0 Å². The molecule has 0 fully saturated rings. The van der Waals surface area contributed by atoms with Gasteiger partial charge in [-0.3, -0.25) is 9.36 Å². The van der Waals surface area contributed by atoms with Crippen LogP contribution in [0.5, 0.6) is 11.8 Å². The number of nitrogens with zero attached hydrogens (tertiary/aromatic N) is 2. The molecule has 0 unspecified atom stereocenters. The van der Waals surface area contributed by atoms with Crippen molar-refractivity contribution >= 4 is 0 Å². The zero-order chi connectivity index (χ0) is 18.8. The highest BCUT2D eigenvalue weighted by molar-refractivity contribution is 5.65. The predicted molar refractivity (Wildman–Crippen MR) is 104 cm³/mol. The fourth-order valence-corrected chi connectivity index (χ4v) is 3.15. The molecule has 27 heavy (non-hydrogen) atoms. The maximum atomic E-state index is 11.3. The lowest BCUT2D eigenvalue weighted by Crippen LogP contribution is -2.23. The van der Waals surface area contributed by atoms with Crippen LogP contribution in [0.1, 0.15) is 25.3 Å². The topological polar surface area (TPSA) is 53.4 Å². The van der Waals surface area contributed by atoms with E-state index in [1.165, 1.54) is 17.2 Å². The van der Waals surface area contributed by atoms with E-state index in [4.69, 9.17) is 9.47 Å². The van der Waals surface area contributed by atoms with Crippen LogP contribution in [0.15, 0.2) is 65.6 Å². The number of hydrogen-bond donors (Lipinski definition) is 0. The van der Waals surface area contributed by atoms with E-state index in [1.807, 2.05) is 16.7 Å². The van der Waals surface area contributed by atoms with Crippen molar-refractivity contribution in [2.24, 2.45) is 0 Å². The molecule has 5 heteroatoms. The largest absolute Gasteiger partial charge is 0.490 e. The Morgan fingerprint density at radius 3 is 2.74 bits per heavy atom. The minimum atomic E-state index is -0.292. The first kappa shape index (κ1) is 17.3. The molecule has 0 bridgehead atoms. The van der Waals surface area contributed by atoms with Crippen molar-refractivity contribution in [2.75, 3.05) is 6.61 Å². The highest BCUT2D eigenvalue weighted by Crippen LogP contribution is 2.26. The molecule has 0 radical (unpaired) electrons. The van der Waals surface area contributed by atoms with E-state index in [1.54, 1.807) is 6.20 Å². The van der Waals surface area contributed by atoms with Crippen molar-refractivity contribution < 1.29 is 9.47 Å². The van der Waals surface area contributed by atoms with Crippen LogP contribution >= 0.6 is 0 Å². The van der Waals surface area contributed by atoms with Gasteiger partial charge in [0.25, 0.3) is 11.6 Å². The Morgan fingerprint density at radius 1 is 1.15 bits per heavy atom. The van der Waals surface area contributed by atoms with Crippen LogP contribution in [0.4, 0.5) is 0 Å². The summed E-state index contributed by atoms with van der Waals surface area (Å²) in [4.78, 5) is 15.1. The first-order valence-electron chi connectivity index (χ1n) is 9.16. The molecule has 0 spiro atoms. The second kappa shape index (κ2) is 7.27. The highest BCUT2D eigenvalue weighted by atomic mass is 16.6. The van der Waals surface area contributed by atoms with Gasteiger partial charge >= 0.3 is 0 Å². The summed E-state index contributed by atoms with van der Waals surface area (Å²) >= 11 is 0. The number of fused-ring (bicyclic) bond motifs is 1. The fourth-order valence-electron chi connectivity index (χ4n) is 3.15. The third-order valence-corrected chi connectivity index (χ3v) is 4.70. The van der Waals surface area contributed by atoms with Crippen LogP contribution in [0.25, 0.3) is 11.1 Å². The molecule has 0 saturated carbocycles. The highest BCUT2D eigenvalue weighted by Gasteiger charge is 2.23. The zero-order valence-corrected chi connectivity index (χ0v) is 15.5. The molecular weight excluding hydrogens is 340 g/mol. The van der Waals surface area contributed by atoms with Gasteiger partial charge < -0.3 is 9.47 Å². The van der Waals surface area contributed by atoms with Crippen LogP contribution in [-0.2, 0) is 6.54 Å². The van der Waals surface area contributed by atoms with Crippen LogP contribution in [0.2, 0.25) is 0 Å². The van der Waals surface area contributed by atoms with Crippen molar-refractivity contribution in [3.05, 3.63) is 76.7 Å². The Bertz CT molecular complexity index is 993. The quantitative estimate of drug-likeness (QED) is 0.691. The zero-order valence-electron chi connectivity index (χ0n) is 15.5. The first-order chi connectivity index (χ1) is 13.1. The molecular formula is C22H22N2O3. The van der Waals surface area contributed by atoms with Gasteiger partial charge in [0.1, 0.15) is 12.4 Å². The summed E-state index contributed by atoms with van der Waals surface area (Å²) in [5, 5.41) is 0. The molecule has 2 heterocycles. The second-order valence-corrected chi connectivity index (χ2v) is 7.06. The minimum absolute atomic E-state index is 0.151. The van der Waals surface area contributed by atoms with Crippen molar-refractivity contribution in [1.29, 1.82) is 0 Å². The predicted octanol–water partition coefficient (Wildman–Crippen LogP) is 3.87. The summed E-state index contributed by atoms with van der Waals surface area (Å²) in [6.07, 6.45) is 1.55. The van der Waals surface area contributed by atoms with Crippen LogP contribution in [0.3, 0.4) is 0 Å². The number of ether oxygens (including phenoxy) is 2. The van der Waals surface area contributed by atoms with Crippen molar-refractivity contribution in [3.8, 4) is 22.9 Å². The lowest BCUT2D eigenvalue weighted by atomic mass is 9.97. The standard InChI is InChI=1S/C22H22N2O3/c1-15(2)17-4-3-5-18(12-17)16-6-8-19(9-7-16)26-14-20-13-24-11-10-21(25)23-22(24)27-20/h3-12,15,20H,13-14H2,1-2H3/t20-/m0/s1. The fraction of sp³-hybridized carbons (Fsp3) is 0.273. The Hall–Kier alpha value is -3.08. The van der Waals surface area contributed by atoms with Gasteiger partial charge in [0.15, 0.2) is 6.10 Å². The molecule has 0 N–H and O–H groups in total. The smallest absolute Gasteiger partial charge is 0.300 e. The van der Waals surface area contributed by atoms with E-state index in [0.717, 1.165) is 11.3 Å². The lowest BCUT2D eigenvalue weighted by Gasteiger charge is -2.12. The van der Waals surface area contributed by atoms with Crippen molar-refractivity contribution in [1.82, 2.24) is 9.55 Å². The molecule has 1 aliphatic rings. The van der Waals surface area contributed by atoms with Crippen LogP contribution < -0.4 is 15.0 Å². The number of hydrogen-bond acceptors (Lipinski definition) is 4. The van der Waals surface area contributed by atoms with Gasteiger partial charge in [-0.15, -0.1) is 0 Å². The Balaban J connectivity index is 1.39. The molecule has 1 atom stereocenters. The lowest BCUT2D eigenvalue weighted by molar-refractivity contribution is 0.143. The van der Waals surface area contributed by atoms with E-state index in [9.17, 15) is 4.79 Å². The third kappa shape index (κ3) is 3.87. The van der Waals surface area contributed by atoms with Gasteiger partial charge in [0.05, 0.1) is 6.54 Å². The van der Waals surface area contributed by atoms with Crippen molar-refractivity contribution in [2.45, 2.75) is 32.4 Å². The molecule has 138 valence electrons. The molecule has 0 amide bonds. The normalized spacial score (nSPS) is 15.4. The van der Waals surface area contributed by atoms with Gasteiger partial charge in [-0.2, -0.15) is 4.98 Å². The summed E-state index contributed by atoms with van der Waals surface area (Å²) < 4.78 is 13.3. The van der Waals surface area contributed by atoms with Crippen molar-refractivity contribution in [3.63, 3.8) is 0 Å². The van der Waals surface area contributed by atoms with Gasteiger partial charge in [0, 0.05) is 12.3 Å². The van der Waals surface area contributed by atoms with Gasteiger partial charge in [0.2, 0.25) is 0 Å². The Labute approximate surface area is 158 Å². The monoisotopic (exact) mass is 362 g/mol. The number of rotatable bonds is 5. The van der Waals surface area contributed by atoms with E-state index in [0.29, 0.717) is 25.1 Å². The average molecular weight is 362 g/mol. The minimum Gasteiger partial charge on any atom is -0.490 e. The molecule has 5 nitrogen and oxygen atoms in total. The molecule has 2 aromatic carbocycles. The van der Waals surface area contributed by atoms with Crippen LogP contribution in [-0.4, -0.2) is 22.3 Å².